The van der Waals surface area contributed by atoms with Crippen LogP contribution in [0.25, 0.3) is 0 Å². The Balaban J connectivity index is 2.65. The number of pyridine rings is 1. The SMILES string of the molecule is Nc1cc(Cl)nc(NCC(F)(F)CO)c1. The number of anilines is 2. The van der Waals surface area contributed by atoms with Crippen molar-refractivity contribution in [2.45, 2.75) is 5.92 Å². The summed E-state index contributed by atoms with van der Waals surface area (Å²) in [5.41, 5.74) is 5.75. The van der Waals surface area contributed by atoms with Crippen molar-refractivity contribution >= 4 is 23.1 Å². The lowest BCUT2D eigenvalue weighted by molar-refractivity contribution is -0.0373. The molecule has 1 heterocycles. The van der Waals surface area contributed by atoms with Crippen LogP contribution < -0.4 is 11.1 Å². The van der Waals surface area contributed by atoms with Crippen LogP contribution in [0.4, 0.5) is 20.3 Å². The Morgan fingerprint density at radius 3 is 2.73 bits per heavy atom. The Morgan fingerprint density at radius 2 is 2.20 bits per heavy atom. The first-order chi connectivity index (χ1) is 6.93. The number of halogens is 3. The fraction of sp³-hybridized carbons (Fsp3) is 0.375. The molecule has 0 saturated carbocycles. The minimum absolute atomic E-state index is 0.116. The van der Waals surface area contributed by atoms with Gasteiger partial charge >= 0.3 is 0 Å². The molecule has 15 heavy (non-hydrogen) atoms. The molecular formula is C8H10ClF2N3O. The van der Waals surface area contributed by atoms with Gasteiger partial charge in [0.15, 0.2) is 0 Å². The van der Waals surface area contributed by atoms with Gasteiger partial charge in [-0.2, -0.15) is 0 Å². The van der Waals surface area contributed by atoms with E-state index in [1.54, 1.807) is 0 Å². The average Bonchev–Trinajstić information content (AvgIpc) is 2.14. The Morgan fingerprint density at radius 1 is 1.53 bits per heavy atom. The third kappa shape index (κ3) is 3.85. The fourth-order valence-corrected chi connectivity index (χ4v) is 1.10. The molecule has 7 heteroatoms. The van der Waals surface area contributed by atoms with Crippen LogP contribution in [0.3, 0.4) is 0 Å². The number of aromatic nitrogens is 1. The van der Waals surface area contributed by atoms with E-state index >= 15 is 0 Å². The standard InChI is InChI=1S/C8H10ClF2N3O/c9-6-1-5(12)2-7(14-6)13-3-8(10,11)4-15/h1-2,15H,3-4H2,(H3,12,13,14). The Labute approximate surface area is 90.1 Å². The molecular weight excluding hydrogens is 228 g/mol. The summed E-state index contributed by atoms with van der Waals surface area (Å²) in [7, 11) is 0. The minimum atomic E-state index is -3.20. The van der Waals surface area contributed by atoms with Crippen LogP contribution in [-0.4, -0.2) is 29.2 Å². The highest BCUT2D eigenvalue weighted by molar-refractivity contribution is 6.29. The fourth-order valence-electron chi connectivity index (χ4n) is 0.883. The zero-order valence-electron chi connectivity index (χ0n) is 7.67. The first-order valence-corrected chi connectivity index (χ1v) is 4.46. The van der Waals surface area contributed by atoms with Gasteiger partial charge in [0.05, 0.1) is 6.54 Å². The molecule has 4 nitrogen and oxygen atoms in total. The summed E-state index contributed by atoms with van der Waals surface area (Å²) in [4.78, 5) is 3.73. The van der Waals surface area contributed by atoms with E-state index in [4.69, 9.17) is 22.4 Å². The summed E-state index contributed by atoms with van der Waals surface area (Å²) in [5, 5.41) is 10.8. The number of hydrogen-bond donors (Lipinski definition) is 3. The van der Waals surface area contributed by atoms with E-state index in [9.17, 15) is 8.78 Å². The first-order valence-electron chi connectivity index (χ1n) is 4.08. The maximum Gasteiger partial charge on any atom is 0.287 e. The van der Waals surface area contributed by atoms with Crippen molar-refractivity contribution in [1.29, 1.82) is 0 Å². The van der Waals surface area contributed by atoms with Crippen molar-refractivity contribution in [2.24, 2.45) is 0 Å². The molecule has 0 aromatic carbocycles. The van der Waals surface area contributed by atoms with Crippen molar-refractivity contribution in [3.05, 3.63) is 17.3 Å². The number of alkyl halides is 2. The number of nitrogen functional groups attached to an aromatic ring is 1. The number of aliphatic hydroxyl groups is 1. The van der Waals surface area contributed by atoms with Gasteiger partial charge < -0.3 is 16.2 Å². The quantitative estimate of drug-likeness (QED) is 0.692. The normalized spacial score (nSPS) is 11.5. The third-order valence-corrected chi connectivity index (χ3v) is 1.77. The van der Waals surface area contributed by atoms with Crippen LogP contribution in [0.2, 0.25) is 5.15 Å². The minimum Gasteiger partial charge on any atom is -0.399 e. The number of nitrogens with zero attached hydrogens (tertiary/aromatic N) is 1. The van der Waals surface area contributed by atoms with E-state index in [1.165, 1.54) is 12.1 Å². The summed E-state index contributed by atoms with van der Waals surface area (Å²) >= 11 is 5.57. The van der Waals surface area contributed by atoms with Gasteiger partial charge in [0.2, 0.25) is 0 Å². The second-order valence-corrected chi connectivity index (χ2v) is 3.36. The average molecular weight is 238 g/mol. The maximum atomic E-state index is 12.6. The highest BCUT2D eigenvalue weighted by atomic mass is 35.5. The highest BCUT2D eigenvalue weighted by Crippen LogP contribution is 2.18. The molecule has 0 amide bonds. The van der Waals surface area contributed by atoms with Gasteiger partial charge in [0, 0.05) is 11.8 Å². The molecule has 84 valence electrons. The van der Waals surface area contributed by atoms with Crippen molar-refractivity contribution in [3.63, 3.8) is 0 Å². The monoisotopic (exact) mass is 237 g/mol. The summed E-state index contributed by atoms with van der Waals surface area (Å²) < 4.78 is 25.3. The molecule has 1 rings (SSSR count). The lowest BCUT2D eigenvalue weighted by Gasteiger charge is -2.14. The molecule has 0 spiro atoms. The molecule has 1 aromatic rings. The smallest absolute Gasteiger partial charge is 0.287 e. The predicted octanol–water partition coefficient (Wildman–Crippen LogP) is 1.36. The summed E-state index contributed by atoms with van der Waals surface area (Å²) in [6, 6.07) is 2.77. The largest absolute Gasteiger partial charge is 0.399 e. The van der Waals surface area contributed by atoms with Gasteiger partial charge in [0.1, 0.15) is 17.6 Å². The summed E-state index contributed by atoms with van der Waals surface area (Å²) in [5.74, 6) is -3.05. The summed E-state index contributed by atoms with van der Waals surface area (Å²) in [6.45, 7) is -1.95. The van der Waals surface area contributed by atoms with Crippen LogP contribution in [0.1, 0.15) is 0 Å². The Bertz CT molecular complexity index is 328. The van der Waals surface area contributed by atoms with Crippen LogP contribution in [-0.2, 0) is 0 Å². The van der Waals surface area contributed by atoms with Gasteiger partial charge in [-0.1, -0.05) is 11.6 Å². The van der Waals surface area contributed by atoms with Gasteiger partial charge in [-0.15, -0.1) is 0 Å². The Kier molecular flexibility index (Phi) is 3.65. The van der Waals surface area contributed by atoms with E-state index in [1.807, 2.05) is 0 Å². The van der Waals surface area contributed by atoms with Crippen molar-refractivity contribution < 1.29 is 13.9 Å². The molecule has 0 aliphatic carbocycles. The van der Waals surface area contributed by atoms with E-state index in [0.29, 0.717) is 5.69 Å². The molecule has 1 aromatic heterocycles. The molecule has 0 unspecified atom stereocenters. The molecule has 0 aliphatic heterocycles. The number of nitrogens with one attached hydrogen (secondary N) is 1. The highest BCUT2D eigenvalue weighted by Gasteiger charge is 2.27. The van der Waals surface area contributed by atoms with Gasteiger partial charge in [-0.25, -0.2) is 13.8 Å². The zero-order valence-corrected chi connectivity index (χ0v) is 8.43. The van der Waals surface area contributed by atoms with Crippen molar-refractivity contribution in [3.8, 4) is 0 Å². The van der Waals surface area contributed by atoms with Crippen LogP contribution in [0.5, 0.6) is 0 Å². The molecule has 0 bridgehead atoms. The predicted molar refractivity (Wildman–Crippen MR) is 54.2 cm³/mol. The number of hydrogen-bond acceptors (Lipinski definition) is 4. The number of aliphatic hydroxyl groups excluding tert-OH is 1. The molecule has 0 radical (unpaired) electrons. The van der Waals surface area contributed by atoms with Gasteiger partial charge in [-0.05, 0) is 6.07 Å². The van der Waals surface area contributed by atoms with Crippen LogP contribution >= 0.6 is 11.6 Å². The van der Waals surface area contributed by atoms with E-state index in [2.05, 4.69) is 10.3 Å². The second kappa shape index (κ2) is 4.59. The molecule has 4 N–H and O–H groups in total. The lowest BCUT2D eigenvalue weighted by atomic mass is 10.3. The van der Waals surface area contributed by atoms with E-state index in [-0.39, 0.29) is 11.0 Å². The van der Waals surface area contributed by atoms with Crippen molar-refractivity contribution in [2.75, 3.05) is 24.2 Å². The molecule has 0 aliphatic rings. The Hall–Kier alpha value is -1.14. The third-order valence-electron chi connectivity index (χ3n) is 1.58. The zero-order chi connectivity index (χ0) is 11.5. The maximum absolute atomic E-state index is 12.6. The number of nitrogens with two attached hydrogens (primary N) is 1. The lowest BCUT2D eigenvalue weighted by Crippen LogP contribution is -2.31. The van der Waals surface area contributed by atoms with Crippen LogP contribution in [0, 0.1) is 0 Å². The first kappa shape index (κ1) is 11.9. The van der Waals surface area contributed by atoms with E-state index < -0.39 is 19.1 Å². The summed E-state index contributed by atoms with van der Waals surface area (Å²) in [6.07, 6.45) is 0. The van der Waals surface area contributed by atoms with E-state index in [0.717, 1.165) is 0 Å². The van der Waals surface area contributed by atoms with Crippen LogP contribution in [0.15, 0.2) is 12.1 Å². The second-order valence-electron chi connectivity index (χ2n) is 2.98. The molecule has 0 saturated heterocycles. The van der Waals surface area contributed by atoms with Gasteiger partial charge in [0.25, 0.3) is 5.92 Å². The van der Waals surface area contributed by atoms with Gasteiger partial charge in [-0.3, -0.25) is 0 Å². The topological polar surface area (TPSA) is 71.2 Å². The number of rotatable bonds is 4. The molecule has 0 atom stereocenters. The van der Waals surface area contributed by atoms with Crippen molar-refractivity contribution in [1.82, 2.24) is 4.98 Å². The molecule has 0 fully saturated rings.